The summed E-state index contributed by atoms with van der Waals surface area (Å²) in [7, 11) is 4.99. The molecule has 0 aromatic heterocycles. The molecule has 21 heavy (non-hydrogen) atoms. The number of ether oxygens (including phenoxy) is 2. The summed E-state index contributed by atoms with van der Waals surface area (Å²) >= 11 is 0. The Morgan fingerprint density at radius 3 is 2.43 bits per heavy atom. The summed E-state index contributed by atoms with van der Waals surface area (Å²) < 4.78 is 10.8. The Bertz CT molecular complexity index is 479. The van der Waals surface area contributed by atoms with E-state index in [0.717, 1.165) is 12.1 Å². The van der Waals surface area contributed by atoms with E-state index in [2.05, 4.69) is 26.1 Å². The molecule has 1 amide bonds. The van der Waals surface area contributed by atoms with Gasteiger partial charge in [0.05, 0.1) is 7.11 Å². The monoisotopic (exact) mass is 294 g/mol. The molecule has 0 saturated carbocycles. The third kappa shape index (κ3) is 6.04. The molecule has 1 aromatic rings. The predicted molar refractivity (Wildman–Crippen MR) is 83.8 cm³/mol. The van der Waals surface area contributed by atoms with Gasteiger partial charge in [-0.2, -0.15) is 0 Å². The molecule has 0 atom stereocenters. The summed E-state index contributed by atoms with van der Waals surface area (Å²) in [6, 6.07) is 5.74. The van der Waals surface area contributed by atoms with E-state index in [1.54, 1.807) is 21.2 Å². The number of carbonyl (C=O) groups is 1. The van der Waals surface area contributed by atoms with Crippen LogP contribution in [0.4, 0.5) is 0 Å². The van der Waals surface area contributed by atoms with Gasteiger partial charge in [0.1, 0.15) is 0 Å². The van der Waals surface area contributed by atoms with Crippen molar-refractivity contribution in [2.45, 2.75) is 32.9 Å². The second-order valence-corrected chi connectivity index (χ2v) is 6.17. The van der Waals surface area contributed by atoms with Crippen molar-refractivity contribution in [2.24, 2.45) is 0 Å². The minimum absolute atomic E-state index is 0.000483. The number of hydrogen-bond donors (Lipinski definition) is 1. The maximum atomic E-state index is 11.6. The molecule has 0 unspecified atom stereocenters. The SMILES string of the molecule is COc1ccc(CNC(C)(C)C)cc1OCC(=O)N(C)C. The normalized spacial score (nSPS) is 11.1. The molecule has 0 radical (unpaired) electrons. The molecule has 118 valence electrons. The largest absolute Gasteiger partial charge is 0.493 e. The predicted octanol–water partition coefficient (Wildman–Crippen LogP) is 2.05. The molecule has 1 N–H and O–H groups in total. The summed E-state index contributed by atoms with van der Waals surface area (Å²) in [4.78, 5) is 13.1. The first-order valence-corrected chi connectivity index (χ1v) is 6.98. The summed E-state index contributed by atoms with van der Waals surface area (Å²) in [5.74, 6) is 1.12. The van der Waals surface area contributed by atoms with Crippen LogP contribution in [0.3, 0.4) is 0 Å². The van der Waals surface area contributed by atoms with E-state index < -0.39 is 0 Å². The van der Waals surface area contributed by atoms with Gasteiger partial charge < -0.3 is 19.7 Å². The molecule has 5 heteroatoms. The van der Waals surface area contributed by atoms with Crippen LogP contribution in [-0.4, -0.2) is 44.2 Å². The first-order valence-electron chi connectivity index (χ1n) is 6.98. The highest BCUT2D eigenvalue weighted by Crippen LogP contribution is 2.28. The van der Waals surface area contributed by atoms with Gasteiger partial charge in [-0.3, -0.25) is 4.79 Å². The Hall–Kier alpha value is -1.75. The van der Waals surface area contributed by atoms with Crippen molar-refractivity contribution >= 4 is 5.91 Å². The highest BCUT2D eigenvalue weighted by Gasteiger charge is 2.12. The number of rotatable bonds is 6. The van der Waals surface area contributed by atoms with Gasteiger partial charge in [-0.25, -0.2) is 0 Å². The van der Waals surface area contributed by atoms with Crippen LogP contribution < -0.4 is 14.8 Å². The Morgan fingerprint density at radius 2 is 1.90 bits per heavy atom. The molecule has 0 aliphatic heterocycles. The highest BCUT2D eigenvalue weighted by atomic mass is 16.5. The van der Waals surface area contributed by atoms with Crippen LogP contribution in [-0.2, 0) is 11.3 Å². The van der Waals surface area contributed by atoms with E-state index in [-0.39, 0.29) is 18.1 Å². The molecule has 0 aliphatic rings. The number of carbonyl (C=O) groups excluding carboxylic acids is 1. The van der Waals surface area contributed by atoms with Crippen LogP contribution in [0.25, 0.3) is 0 Å². The molecule has 5 nitrogen and oxygen atoms in total. The molecule has 0 heterocycles. The molecule has 0 saturated heterocycles. The van der Waals surface area contributed by atoms with Crippen molar-refractivity contribution < 1.29 is 14.3 Å². The minimum Gasteiger partial charge on any atom is -0.493 e. The second kappa shape index (κ2) is 7.31. The van der Waals surface area contributed by atoms with Crippen LogP contribution in [0.2, 0.25) is 0 Å². The van der Waals surface area contributed by atoms with Gasteiger partial charge in [0, 0.05) is 26.2 Å². The fourth-order valence-corrected chi connectivity index (χ4v) is 1.58. The van der Waals surface area contributed by atoms with Gasteiger partial charge in [0.25, 0.3) is 5.91 Å². The molecular formula is C16H26N2O3. The fourth-order valence-electron chi connectivity index (χ4n) is 1.58. The molecule has 0 bridgehead atoms. The van der Waals surface area contributed by atoms with E-state index in [4.69, 9.17) is 9.47 Å². The van der Waals surface area contributed by atoms with Gasteiger partial charge in [0.2, 0.25) is 0 Å². The zero-order valence-corrected chi connectivity index (χ0v) is 13.8. The van der Waals surface area contributed by atoms with E-state index in [1.165, 1.54) is 4.90 Å². The fraction of sp³-hybridized carbons (Fsp3) is 0.562. The van der Waals surface area contributed by atoms with Gasteiger partial charge in [-0.1, -0.05) is 6.07 Å². The number of methoxy groups -OCH3 is 1. The maximum absolute atomic E-state index is 11.6. The van der Waals surface area contributed by atoms with Crippen molar-refractivity contribution in [2.75, 3.05) is 27.8 Å². The van der Waals surface area contributed by atoms with Crippen molar-refractivity contribution in [3.63, 3.8) is 0 Å². The first kappa shape index (κ1) is 17.3. The lowest BCUT2D eigenvalue weighted by Gasteiger charge is -2.21. The Kier molecular flexibility index (Phi) is 6.03. The van der Waals surface area contributed by atoms with E-state index in [0.29, 0.717) is 11.5 Å². The topological polar surface area (TPSA) is 50.8 Å². The van der Waals surface area contributed by atoms with Gasteiger partial charge in [0.15, 0.2) is 18.1 Å². The van der Waals surface area contributed by atoms with Crippen LogP contribution in [0.15, 0.2) is 18.2 Å². The summed E-state index contributed by atoms with van der Waals surface area (Å²) in [6.45, 7) is 7.07. The number of amides is 1. The molecule has 1 rings (SSSR count). The third-order valence-electron chi connectivity index (χ3n) is 2.90. The zero-order chi connectivity index (χ0) is 16.0. The summed E-state index contributed by atoms with van der Waals surface area (Å²) in [5, 5.41) is 3.41. The quantitative estimate of drug-likeness (QED) is 0.872. The molecule has 0 fully saturated rings. The Labute approximate surface area is 127 Å². The lowest BCUT2D eigenvalue weighted by Crippen LogP contribution is -2.35. The zero-order valence-electron chi connectivity index (χ0n) is 13.8. The summed E-state index contributed by atoms with van der Waals surface area (Å²) in [6.07, 6.45) is 0. The average Bonchev–Trinajstić information content (AvgIpc) is 2.41. The van der Waals surface area contributed by atoms with E-state index >= 15 is 0 Å². The smallest absolute Gasteiger partial charge is 0.259 e. The van der Waals surface area contributed by atoms with Crippen molar-refractivity contribution in [1.82, 2.24) is 10.2 Å². The number of benzene rings is 1. The van der Waals surface area contributed by atoms with Crippen LogP contribution in [0.5, 0.6) is 11.5 Å². The minimum atomic E-state index is -0.0877. The van der Waals surface area contributed by atoms with Crippen LogP contribution >= 0.6 is 0 Å². The first-order chi connectivity index (χ1) is 9.73. The van der Waals surface area contributed by atoms with Gasteiger partial charge in [-0.05, 0) is 38.5 Å². The lowest BCUT2D eigenvalue weighted by molar-refractivity contribution is -0.130. The number of hydrogen-bond acceptors (Lipinski definition) is 4. The van der Waals surface area contributed by atoms with E-state index in [1.807, 2.05) is 18.2 Å². The van der Waals surface area contributed by atoms with Gasteiger partial charge in [-0.15, -0.1) is 0 Å². The van der Waals surface area contributed by atoms with Crippen molar-refractivity contribution in [1.29, 1.82) is 0 Å². The maximum Gasteiger partial charge on any atom is 0.259 e. The van der Waals surface area contributed by atoms with Crippen molar-refractivity contribution in [3.8, 4) is 11.5 Å². The van der Waals surface area contributed by atoms with Crippen LogP contribution in [0.1, 0.15) is 26.3 Å². The average molecular weight is 294 g/mol. The summed E-state index contributed by atoms with van der Waals surface area (Å²) in [5.41, 5.74) is 1.12. The molecular weight excluding hydrogens is 268 g/mol. The number of nitrogens with zero attached hydrogens (tertiary/aromatic N) is 1. The molecule has 1 aromatic carbocycles. The standard InChI is InChI=1S/C16H26N2O3/c1-16(2,3)17-10-12-7-8-13(20-6)14(9-12)21-11-15(19)18(4)5/h7-9,17H,10-11H2,1-6H3. The van der Waals surface area contributed by atoms with Gasteiger partial charge >= 0.3 is 0 Å². The molecule has 0 spiro atoms. The number of nitrogens with one attached hydrogen (secondary N) is 1. The van der Waals surface area contributed by atoms with Crippen molar-refractivity contribution in [3.05, 3.63) is 23.8 Å². The Morgan fingerprint density at radius 1 is 1.24 bits per heavy atom. The van der Waals surface area contributed by atoms with E-state index in [9.17, 15) is 4.79 Å². The lowest BCUT2D eigenvalue weighted by atomic mass is 10.1. The second-order valence-electron chi connectivity index (χ2n) is 6.17. The number of likely N-dealkylation sites (N-methyl/N-ethyl adjacent to an activating group) is 1. The molecule has 0 aliphatic carbocycles. The highest BCUT2D eigenvalue weighted by molar-refractivity contribution is 5.77. The third-order valence-corrected chi connectivity index (χ3v) is 2.90. The van der Waals surface area contributed by atoms with Crippen LogP contribution in [0, 0.1) is 0 Å². The Balaban J connectivity index is 2.78.